The third kappa shape index (κ3) is 2.38. The second-order valence-corrected chi connectivity index (χ2v) is 5.70. The summed E-state index contributed by atoms with van der Waals surface area (Å²) in [6, 6.07) is 7.64. The van der Waals surface area contributed by atoms with Gasteiger partial charge in [-0.05, 0) is 56.0 Å². The number of hydrogen-bond acceptors (Lipinski definition) is 3. The number of aliphatic hydroxyl groups is 1. The topological polar surface area (TPSA) is 66.6 Å². The number of primary amides is 1. The summed E-state index contributed by atoms with van der Waals surface area (Å²) in [5.41, 5.74) is 6.92. The summed E-state index contributed by atoms with van der Waals surface area (Å²) in [6.45, 7) is 2.21. The Morgan fingerprint density at radius 1 is 1.26 bits per heavy atom. The van der Waals surface area contributed by atoms with Gasteiger partial charge in [-0.25, -0.2) is 0 Å². The Morgan fingerprint density at radius 2 is 1.89 bits per heavy atom. The van der Waals surface area contributed by atoms with Crippen molar-refractivity contribution in [3.8, 4) is 0 Å². The summed E-state index contributed by atoms with van der Waals surface area (Å²) >= 11 is 0. The van der Waals surface area contributed by atoms with Gasteiger partial charge in [-0.2, -0.15) is 0 Å². The fourth-order valence-corrected chi connectivity index (χ4v) is 3.42. The van der Waals surface area contributed by atoms with Gasteiger partial charge >= 0.3 is 0 Å². The zero-order chi connectivity index (χ0) is 13.4. The molecule has 0 spiro atoms. The number of fused-ring (bicyclic) bond motifs is 3. The predicted octanol–water partition coefficient (Wildman–Crippen LogP) is 0.783. The molecule has 2 bridgehead atoms. The number of piperidine rings is 3. The lowest BCUT2D eigenvalue weighted by Gasteiger charge is -2.49. The van der Waals surface area contributed by atoms with Gasteiger partial charge in [0, 0.05) is 11.6 Å². The molecular weight excluding hydrogens is 240 g/mol. The van der Waals surface area contributed by atoms with E-state index in [-0.39, 0.29) is 12.1 Å². The van der Waals surface area contributed by atoms with E-state index in [0.717, 1.165) is 37.9 Å². The van der Waals surface area contributed by atoms with E-state index in [1.165, 1.54) is 0 Å². The fourth-order valence-electron chi connectivity index (χ4n) is 3.42. The molecule has 102 valence electrons. The molecule has 1 aromatic carbocycles. The highest BCUT2D eigenvalue weighted by molar-refractivity contribution is 5.92. The van der Waals surface area contributed by atoms with Crippen LogP contribution in [0, 0.1) is 5.92 Å². The summed E-state index contributed by atoms with van der Waals surface area (Å²) in [5, 5.41) is 10.3. The van der Waals surface area contributed by atoms with E-state index in [9.17, 15) is 9.90 Å². The van der Waals surface area contributed by atoms with E-state index in [1.54, 1.807) is 12.1 Å². The van der Waals surface area contributed by atoms with Crippen LogP contribution in [0.1, 0.15) is 28.8 Å². The average Bonchev–Trinajstić information content (AvgIpc) is 2.44. The van der Waals surface area contributed by atoms with Crippen molar-refractivity contribution in [3.05, 3.63) is 35.4 Å². The summed E-state index contributed by atoms with van der Waals surface area (Å²) in [5.74, 6) is 0.0759. The third-order valence-electron chi connectivity index (χ3n) is 4.60. The molecule has 0 radical (unpaired) electrons. The first-order valence-corrected chi connectivity index (χ1v) is 6.96. The van der Waals surface area contributed by atoms with Crippen LogP contribution in [-0.2, 0) is 6.42 Å². The lowest BCUT2D eigenvalue weighted by atomic mass is 9.78. The minimum absolute atomic E-state index is 0.210. The van der Waals surface area contributed by atoms with Crippen LogP contribution < -0.4 is 5.73 Å². The quantitative estimate of drug-likeness (QED) is 0.844. The summed E-state index contributed by atoms with van der Waals surface area (Å²) in [7, 11) is 0. The molecule has 2 atom stereocenters. The van der Waals surface area contributed by atoms with E-state index in [4.69, 9.17) is 5.73 Å². The highest BCUT2D eigenvalue weighted by Crippen LogP contribution is 2.33. The van der Waals surface area contributed by atoms with Gasteiger partial charge in [0.15, 0.2) is 0 Å². The molecule has 1 aromatic rings. The van der Waals surface area contributed by atoms with E-state index in [0.29, 0.717) is 11.5 Å². The number of nitrogens with zero attached hydrogens (tertiary/aromatic N) is 1. The summed E-state index contributed by atoms with van der Waals surface area (Å²) in [4.78, 5) is 13.4. The lowest BCUT2D eigenvalue weighted by molar-refractivity contribution is -0.0715. The zero-order valence-electron chi connectivity index (χ0n) is 11.0. The van der Waals surface area contributed by atoms with Crippen molar-refractivity contribution in [1.29, 1.82) is 0 Å². The van der Waals surface area contributed by atoms with Gasteiger partial charge in [0.05, 0.1) is 6.10 Å². The number of carbonyl (C=O) groups is 1. The molecule has 4 rings (SSSR count). The van der Waals surface area contributed by atoms with Gasteiger partial charge in [0.25, 0.3) is 0 Å². The molecule has 0 aromatic heterocycles. The number of carbonyl (C=O) groups excluding carboxylic acids is 1. The van der Waals surface area contributed by atoms with E-state index in [2.05, 4.69) is 4.90 Å². The minimum Gasteiger partial charge on any atom is -0.391 e. The van der Waals surface area contributed by atoms with E-state index in [1.807, 2.05) is 12.1 Å². The van der Waals surface area contributed by atoms with Gasteiger partial charge in [0.2, 0.25) is 5.91 Å². The standard InChI is InChI=1S/C15H20N2O2/c16-15(19)12-3-1-10(2-4-12)9-13-14(18)11-5-7-17(13)8-6-11/h1-4,11,13-14,18H,5-9H2,(H2,16,19). The Hall–Kier alpha value is -1.39. The lowest BCUT2D eigenvalue weighted by Crippen LogP contribution is -2.58. The molecule has 4 heteroatoms. The maximum Gasteiger partial charge on any atom is 0.248 e. The molecule has 0 aliphatic carbocycles. The van der Waals surface area contributed by atoms with E-state index < -0.39 is 5.91 Å². The number of hydrogen-bond donors (Lipinski definition) is 2. The van der Waals surface area contributed by atoms with Crippen molar-refractivity contribution in [3.63, 3.8) is 0 Å². The molecule has 3 aliphatic rings. The molecule has 2 unspecified atom stereocenters. The maximum atomic E-state index is 11.0. The van der Waals surface area contributed by atoms with Crippen molar-refractivity contribution < 1.29 is 9.90 Å². The van der Waals surface area contributed by atoms with Crippen LogP contribution in [0.3, 0.4) is 0 Å². The Balaban J connectivity index is 1.72. The molecule has 19 heavy (non-hydrogen) atoms. The van der Waals surface area contributed by atoms with Crippen LogP contribution in [0.15, 0.2) is 24.3 Å². The normalized spacial score (nSPS) is 33.3. The van der Waals surface area contributed by atoms with Crippen LogP contribution in [0.2, 0.25) is 0 Å². The van der Waals surface area contributed by atoms with Gasteiger partial charge < -0.3 is 10.8 Å². The summed E-state index contributed by atoms with van der Waals surface area (Å²) in [6.07, 6.45) is 2.88. The van der Waals surface area contributed by atoms with Crippen molar-refractivity contribution in [1.82, 2.24) is 4.90 Å². The predicted molar refractivity (Wildman–Crippen MR) is 72.8 cm³/mol. The smallest absolute Gasteiger partial charge is 0.248 e. The molecule has 3 heterocycles. The second kappa shape index (κ2) is 4.94. The van der Waals surface area contributed by atoms with Crippen LogP contribution in [0.4, 0.5) is 0 Å². The van der Waals surface area contributed by atoms with Gasteiger partial charge in [-0.1, -0.05) is 12.1 Å². The van der Waals surface area contributed by atoms with Gasteiger partial charge in [-0.15, -0.1) is 0 Å². The molecule has 1 amide bonds. The molecular formula is C15H20N2O2. The van der Waals surface area contributed by atoms with E-state index >= 15 is 0 Å². The molecule has 3 fully saturated rings. The number of benzene rings is 1. The van der Waals surface area contributed by atoms with Crippen LogP contribution in [0.5, 0.6) is 0 Å². The van der Waals surface area contributed by atoms with Crippen LogP contribution in [0.25, 0.3) is 0 Å². The fraction of sp³-hybridized carbons (Fsp3) is 0.533. The van der Waals surface area contributed by atoms with Crippen LogP contribution in [-0.4, -0.2) is 41.1 Å². The van der Waals surface area contributed by atoms with Crippen molar-refractivity contribution in [2.75, 3.05) is 13.1 Å². The first-order chi connectivity index (χ1) is 9.15. The second-order valence-electron chi connectivity index (χ2n) is 5.70. The minimum atomic E-state index is -0.396. The first-order valence-electron chi connectivity index (χ1n) is 6.96. The average molecular weight is 260 g/mol. The molecule has 0 saturated carbocycles. The summed E-state index contributed by atoms with van der Waals surface area (Å²) < 4.78 is 0. The highest BCUT2D eigenvalue weighted by atomic mass is 16.3. The SMILES string of the molecule is NC(=O)c1ccc(CC2C(O)C3CCN2CC3)cc1. The van der Waals surface area contributed by atoms with Crippen molar-refractivity contribution >= 4 is 5.91 Å². The largest absolute Gasteiger partial charge is 0.391 e. The third-order valence-corrected chi connectivity index (χ3v) is 4.60. The Labute approximate surface area is 113 Å². The highest BCUT2D eigenvalue weighted by Gasteiger charge is 2.40. The number of amides is 1. The molecule has 3 saturated heterocycles. The molecule has 3 N–H and O–H groups in total. The Bertz CT molecular complexity index is 462. The monoisotopic (exact) mass is 260 g/mol. The molecule has 3 aliphatic heterocycles. The van der Waals surface area contributed by atoms with Gasteiger partial charge in [0.1, 0.15) is 0 Å². The van der Waals surface area contributed by atoms with Crippen LogP contribution >= 0.6 is 0 Å². The maximum absolute atomic E-state index is 11.0. The Kier molecular flexibility index (Phi) is 3.29. The zero-order valence-corrected chi connectivity index (χ0v) is 11.0. The van der Waals surface area contributed by atoms with Gasteiger partial charge in [-0.3, -0.25) is 9.69 Å². The number of rotatable bonds is 3. The first kappa shape index (κ1) is 12.6. The number of aliphatic hydroxyl groups excluding tert-OH is 1. The van der Waals surface area contributed by atoms with Crippen molar-refractivity contribution in [2.24, 2.45) is 11.7 Å². The number of nitrogens with two attached hydrogens (primary N) is 1. The Morgan fingerprint density at radius 3 is 2.42 bits per heavy atom. The molecule has 4 nitrogen and oxygen atoms in total. The van der Waals surface area contributed by atoms with Crippen molar-refractivity contribution in [2.45, 2.75) is 31.4 Å².